The highest BCUT2D eigenvalue weighted by molar-refractivity contribution is 7.09. The van der Waals surface area contributed by atoms with Gasteiger partial charge in [0.15, 0.2) is 0 Å². The molecule has 0 aliphatic carbocycles. The molecule has 1 N–H and O–H groups in total. The molecule has 0 bridgehead atoms. The molecule has 1 aliphatic rings. The minimum Gasteiger partial charge on any atom is -0.370 e. The number of nitrogens with zero attached hydrogens (tertiary/aromatic N) is 4. The summed E-state index contributed by atoms with van der Waals surface area (Å²) in [6, 6.07) is 7.60. The monoisotopic (exact) mass is 341 g/mol. The molecule has 6 heteroatoms. The van der Waals surface area contributed by atoms with Gasteiger partial charge < -0.3 is 5.32 Å². The first-order valence-electron chi connectivity index (χ1n) is 8.53. The summed E-state index contributed by atoms with van der Waals surface area (Å²) in [7, 11) is 0. The molecule has 2 aromatic rings. The van der Waals surface area contributed by atoms with Crippen molar-refractivity contribution in [3.05, 3.63) is 40.0 Å². The van der Waals surface area contributed by atoms with Gasteiger partial charge in [-0.1, -0.05) is 13.0 Å². The van der Waals surface area contributed by atoms with Crippen LogP contribution in [0.15, 0.2) is 23.6 Å². The number of nitrogens with one attached hydrogen (secondary N) is 1. The molecule has 0 amide bonds. The number of thiazole rings is 1. The Morgan fingerprint density at radius 1 is 1.33 bits per heavy atom. The van der Waals surface area contributed by atoms with E-state index in [1.165, 1.54) is 23.5 Å². The number of aromatic nitrogens is 2. The molecule has 24 heavy (non-hydrogen) atoms. The quantitative estimate of drug-likeness (QED) is 0.873. The molecule has 3 heterocycles. The third kappa shape index (κ3) is 4.53. The van der Waals surface area contributed by atoms with Crippen LogP contribution in [-0.4, -0.2) is 34.5 Å². The summed E-state index contributed by atoms with van der Waals surface area (Å²) >= 11 is 1.77. The fourth-order valence-corrected chi connectivity index (χ4v) is 3.74. The zero-order chi connectivity index (χ0) is 16.8. The molecule has 126 valence electrons. The van der Waals surface area contributed by atoms with Crippen LogP contribution in [0.5, 0.6) is 0 Å². The maximum Gasteiger partial charge on any atom is 0.142 e. The van der Waals surface area contributed by atoms with Crippen molar-refractivity contribution < 1.29 is 0 Å². The summed E-state index contributed by atoms with van der Waals surface area (Å²) < 4.78 is 0. The summed E-state index contributed by atoms with van der Waals surface area (Å²) in [6.07, 6.45) is 3.41. The predicted molar refractivity (Wildman–Crippen MR) is 96.9 cm³/mol. The van der Waals surface area contributed by atoms with Crippen LogP contribution >= 0.6 is 11.3 Å². The lowest BCUT2D eigenvalue weighted by Gasteiger charge is -2.31. The highest BCUT2D eigenvalue weighted by Gasteiger charge is 2.20. The average Bonchev–Trinajstić information content (AvgIpc) is 3.09. The van der Waals surface area contributed by atoms with Gasteiger partial charge in [0.05, 0.1) is 10.7 Å². The molecule has 5 nitrogen and oxygen atoms in total. The maximum absolute atomic E-state index is 8.90. The normalized spacial score (nSPS) is 16.0. The Bertz CT molecular complexity index is 697. The lowest BCUT2D eigenvalue weighted by Crippen LogP contribution is -2.35. The molecule has 1 aliphatic heterocycles. The number of anilines is 1. The second-order valence-corrected chi connectivity index (χ2v) is 7.15. The van der Waals surface area contributed by atoms with Crippen molar-refractivity contribution in [2.75, 3.05) is 25.0 Å². The number of hydrogen-bond donors (Lipinski definition) is 1. The molecule has 1 fully saturated rings. The maximum atomic E-state index is 8.90. The molecular weight excluding hydrogens is 318 g/mol. The molecule has 0 unspecified atom stereocenters. The average molecular weight is 341 g/mol. The first-order valence-corrected chi connectivity index (χ1v) is 9.41. The summed E-state index contributed by atoms with van der Waals surface area (Å²) in [4.78, 5) is 11.4. The molecule has 2 aromatic heterocycles. The Hall–Kier alpha value is -1.97. The Labute approximate surface area is 147 Å². The minimum absolute atomic E-state index is 0.463. The Morgan fingerprint density at radius 2 is 2.17 bits per heavy atom. The number of aryl methyl sites for hydroxylation is 1. The predicted octanol–water partition coefficient (Wildman–Crippen LogP) is 3.30. The van der Waals surface area contributed by atoms with Crippen molar-refractivity contribution in [1.82, 2.24) is 14.9 Å². The topological polar surface area (TPSA) is 64.8 Å². The first kappa shape index (κ1) is 16.9. The highest BCUT2D eigenvalue weighted by Crippen LogP contribution is 2.20. The molecule has 0 saturated carbocycles. The third-order valence-corrected chi connectivity index (χ3v) is 5.47. The van der Waals surface area contributed by atoms with E-state index in [0.29, 0.717) is 11.6 Å². The van der Waals surface area contributed by atoms with Crippen molar-refractivity contribution in [2.24, 2.45) is 5.92 Å². The first-order chi connectivity index (χ1) is 11.8. The van der Waals surface area contributed by atoms with Gasteiger partial charge in [-0.25, -0.2) is 9.97 Å². The number of hydrogen-bond acceptors (Lipinski definition) is 6. The van der Waals surface area contributed by atoms with E-state index in [-0.39, 0.29) is 0 Å². The number of piperidine rings is 1. The van der Waals surface area contributed by atoms with Crippen LogP contribution in [0.3, 0.4) is 0 Å². The van der Waals surface area contributed by atoms with Crippen molar-refractivity contribution in [3.8, 4) is 6.07 Å². The van der Waals surface area contributed by atoms with Gasteiger partial charge in [-0.3, -0.25) is 4.90 Å². The lowest BCUT2D eigenvalue weighted by atomic mass is 9.96. The van der Waals surface area contributed by atoms with Gasteiger partial charge in [-0.2, -0.15) is 5.26 Å². The van der Waals surface area contributed by atoms with Gasteiger partial charge in [-0.15, -0.1) is 11.3 Å². The molecule has 0 spiro atoms. The van der Waals surface area contributed by atoms with Crippen LogP contribution in [0.4, 0.5) is 5.82 Å². The van der Waals surface area contributed by atoms with Gasteiger partial charge >= 0.3 is 0 Å². The van der Waals surface area contributed by atoms with E-state index in [0.717, 1.165) is 38.4 Å². The van der Waals surface area contributed by atoms with E-state index in [4.69, 9.17) is 5.26 Å². The Morgan fingerprint density at radius 3 is 2.88 bits per heavy atom. The number of pyridine rings is 1. The molecule has 3 rings (SSSR count). The summed E-state index contributed by atoms with van der Waals surface area (Å²) in [5.74, 6) is 1.46. The lowest BCUT2D eigenvalue weighted by molar-refractivity contribution is 0.181. The van der Waals surface area contributed by atoms with Gasteiger partial charge in [0.2, 0.25) is 0 Å². The van der Waals surface area contributed by atoms with E-state index in [1.54, 1.807) is 17.4 Å². The summed E-state index contributed by atoms with van der Waals surface area (Å²) in [6.45, 7) is 6.30. The van der Waals surface area contributed by atoms with E-state index in [1.807, 2.05) is 12.1 Å². The van der Waals surface area contributed by atoms with Crippen LogP contribution in [0, 0.1) is 17.2 Å². The zero-order valence-electron chi connectivity index (χ0n) is 14.0. The SMILES string of the molecule is CCc1nc(CN2CCC(CNc3cccc(C#N)n3)CC2)cs1. The molecule has 0 aromatic carbocycles. The van der Waals surface area contributed by atoms with Gasteiger partial charge in [0.25, 0.3) is 0 Å². The van der Waals surface area contributed by atoms with Crippen molar-refractivity contribution in [1.29, 1.82) is 5.26 Å². The third-order valence-electron chi connectivity index (χ3n) is 4.43. The molecule has 0 radical (unpaired) electrons. The second-order valence-electron chi connectivity index (χ2n) is 6.21. The van der Waals surface area contributed by atoms with Crippen molar-refractivity contribution in [3.63, 3.8) is 0 Å². The summed E-state index contributed by atoms with van der Waals surface area (Å²) in [5.41, 5.74) is 1.68. The standard InChI is InChI=1S/C18H23N5S/c1-2-18-22-16(13-24-18)12-23-8-6-14(7-9-23)11-20-17-5-3-4-15(10-19)21-17/h3-5,13-14H,2,6-9,11-12H2,1H3,(H,20,21). The van der Waals surface area contributed by atoms with Crippen LogP contribution in [0.1, 0.15) is 36.2 Å². The van der Waals surface area contributed by atoms with E-state index < -0.39 is 0 Å². The van der Waals surface area contributed by atoms with Gasteiger partial charge in [-0.05, 0) is 50.4 Å². The van der Waals surface area contributed by atoms with Crippen LogP contribution in [0.25, 0.3) is 0 Å². The Balaban J connectivity index is 1.42. The van der Waals surface area contributed by atoms with Crippen LogP contribution in [-0.2, 0) is 13.0 Å². The van der Waals surface area contributed by atoms with Crippen molar-refractivity contribution in [2.45, 2.75) is 32.7 Å². The van der Waals surface area contributed by atoms with E-state index in [9.17, 15) is 0 Å². The fraction of sp³-hybridized carbons (Fsp3) is 0.500. The molecular formula is C18H23N5S. The highest BCUT2D eigenvalue weighted by atomic mass is 32.1. The number of rotatable bonds is 6. The van der Waals surface area contributed by atoms with Crippen LogP contribution < -0.4 is 5.32 Å². The van der Waals surface area contributed by atoms with Crippen molar-refractivity contribution >= 4 is 17.2 Å². The van der Waals surface area contributed by atoms with Gasteiger partial charge in [0.1, 0.15) is 17.6 Å². The number of likely N-dealkylation sites (tertiary alicyclic amines) is 1. The van der Waals surface area contributed by atoms with E-state index >= 15 is 0 Å². The summed E-state index contributed by atoms with van der Waals surface area (Å²) in [5, 5.41) is 15.7. The minimum atomic E-state index is 0.463. The van der Waals surface area contributed by atoms with E-state index in [2.05, 4.69) is 38.6 Å². The smallest absolute Gasteiger partial charge is 0.142 e. The Kier molecular flexibility index (Phi) is 5.78. The van der Waals surface area contributed by atoms with Gasteiger partial charge in [0, 0.05) is 18.5 Å². The molecule has 0 atom stereocenters. The molecule has 1 saturated heterocycles. The van der Waals surface area contributed by atoms with Crippen LogP contribution in [0.2, 0.25) is 0 Å². The second kappa shape index (κ2) is 8.22. The fourth-order valence-electron chi connectivity index (χ4n) is 3.01. The zero-order valence-corrected chi connectivity index (χ0v) is 14.9. The largest absolute Gasteiger partial charge is 0.370 e. The number of nitriles is 1.